The van der Waals surface area contributed by atoms with E-state index in [0.717, 1.165) is 35.4 Å². The molecule has 2 aromatic rings. The molecule has 0 amide bonds. The monoisotopic (exact) mass is 338 g/mol. The van der Waals surface area contributed by atoms with Gasteiger partial charge in [-0.25, -0.2) is 4.63 Å². The summed E-state index contributed by atoms with van der Waals surface area (Å²) in [5.74, 6) is 1.90. The average Bonchev–Trinajstić information content (AvgIpc) is 2.99. The van der Waals surface area contributed by atoms with Crippen LogP contribution in [0.15, 0.2) is 52.8 Å². The lowest BCUT2D eigenvalue weighted by Crippen LogP contribution is -2.23. The summed E-state index contributed by atoms with van der Waals surface area (Å²) in [7, 11) is 0. The Labute approximate surface area is 144 Å². The van der Waals surface area contributed by atoms with E-state index in [-0.39, 0.29) is 11.8 Å². The fourth-order valence-corrected chi connectivity index (χ4v) is 3.21. The highest BCUT2D eigenvalue weighted by atomic mass is 16.6. The lowest BCUT2D eigenvalue weighted by Gasteiger charge is -2.25. The highest BCUT2D eigenvalue weighted by molar-refractivity contribution is 6.00. The number of ether oxygens (including phenoxy) is 1. The van der Waals surface area contributed by atoms with Crippen molar-refractivity contribution in [3.05, 3.63) is 53.8 Å². The van der Waals surface area contributed by atoms with Crippen LogP contribution in [0.1, 0.15) is 30.9 Å². The SMILES string of the molecule is C=CCOc1ccc([C@H]2Nc3nonc3NC3=C2C(=O)CCC3)cc1. The van der Waals surface area contributed by atoms with Crippen molar-refractivity contribution in [3.8, 4) is 5.75 Å². The number of ketones is 1. The highest BCUT2D eigenvalue weighted by Gasteiger charge is 2.33. The third kappa shape index (κ3) is 2.88. The number of nitrogens with zero attached hydrogens (tertiary/aromatic N) is 2. The normalized spacial score (nSPS) is 19.2. The molecule has 2 aliphatic rings. The van der Waals surface area contributed by atoms with Crippen LogP contribution in [0.2, 0.25) is 0 Å². The Morgan fingerprint density at radius 1 is 1.24 bits per heavy atom. The fraction of sp³-hybridized carbons (Fsp3) is 0.278. The Balaban J connectivity index is 1.72. The van der Waals surface area contributed by atoms with Crippen molar-refractivity contribution >= 4 is 17.4 Å². The van der Waals surface area contributed by atoms with Crippen molar-refractivity contribution in [3.63, 3.8) is 0 Å². The van der Waals surface area contributed by atoms with E-state index >= 15 is 0 Å². The van der Waals surface area contributed by atoms with Gasteiger partial charge in [-0.2, -0.15) is 0 Å². The lowest BCUT2D eigenvalue weighted by atomic mass is 9.87. The Bertz CT molecular complexity index is 838. The standard InChI is InChI=1S/C18H18N4O3/c1-2-10-24-12-8-6-11(7-9-12)16-15-13(4-3-5-14(15)23)19-17-18(20-16)22-25-21-17/h2,6-9,16H,1,3-5,10H2,(H,19,21)(H,20,22)/t16-/m1/s1. The van der Waals surface area contributed by atoms with Crippen molar-refractivity contribution < 1.29 is 14.2 Å². The van der Waals surface area contributed by atoms with Crippen molar-refractivity contribution in [2.75, 3.05) is 17.2 Å². The van der Waals surface area contributed by atoms with Crippen molar-refractivity contribution in [2.24, 2.45) is 0 Å². The number of hydrogen-bond donors (Lipinski definition) is 2. The molecule has 0 spiro atoms. The summed E-state index contributed by atoms with van der Waals surface area (Å²) < 4.78 is 10.3. The number of carbonyl (C=O) groups is 1. The van der Waals surface area contributed by atoms with Crippen LogP contribution in [0.5, 0.6) is 5.75 Å². The van der Waals surface area contributed by atoms with Crippen molar-refractivity contribution in [2.45, 2.75) is 25.3 Å². The molecule has 0 fully saturated rings. The van der Waals surface area contributed by atoms with Crippen molar-refractivity contribution in [1.29, 1.82) is 0 Å². The van der Waals surface area contributed by atoms with E-state index in [1.54, 1.807) is 6.08 Å². The van der Waals surface area contributed by atoms with Crippen LogP contribution in [-0.2, 0) is 4.79 Å². The van der Waals surface area contributed by atoms with Gasteiger partial charge in [0.15, 0.2) is 5.78 Å². The number of anilines is 2. The molecule has 0 saturated carbocycles. The van der Waals surface area contributed by atoms with E-state index in [0.29, 0.717) is 24.7 Å². The van der Waals surface area contributed by atoms with Crippen LogP contribution < -0.4 is 15.4 Å². The molecule has 1 aliphatic carbocycles. The molecule has 7 nitrogen and oxygen atoms in total. The third-order valence-electron chi connectivity index (χ3n) is 4.36. The molecule has 0 radical (unpaired) electrons. The van der Waals surface area contributed by atoms with Gasteiger partial charge in [0.25, 0.3) is 0 Å². The minimum absolute atomic E-state index is 0.139. The lowest BCUT2D eigenvalue weighted by molar-refractivity contribution is -0.116. The van der Waals surface area contributed by atoms with E-state index in [9.17, 15) is 4.79 Å². The van der Waals surface area contributed by atoms with Gasteiger partial charge in [0.1, 0.15) is 12.4 Å². The van der Waals surface area contributed by atoms with E-state index in [1.807, 2.05) is 24.3 Å². The van der Waals surface area contributed by atoms with Crippen LogP contribution in [0.4, 0.5) is 11.6 Å². The van der Waals surface area contributed by atoms with Crippen LogP contribution in [-0.4, -0.2) is 22.7 Å². The predicted octanol–water partition coefficient (Wildman–Crippen LogP) is 3.22. The van der Waals surface area contributed by atoms with Gasteiger partial charge in [0, 0.05) is 17.7 Å². The fourth-order valence-electron chi connectivity index (χ4n) is 3.21. The third-order valence-corrected chi connectivity index (χ3v) is 4.36. The molecule has 2 N–H and O–H groups in total. The predicted molar refractivity (Wildman–Crippen MR) is 92.3 cm³/mol. The number of hydrogen-bond acceptors (Lipinski definition) is 7. The van der Waals surface area contributed by atoms with E-state index in [1.165, 1.54) is 0 Å². The van der Waals surface area contributed by atoms with Crippen LogP contribution >= 0.6 is 0 Å². The summed E-state index contributed by atoms with van der Waals surface area (Å²) in [5, 5.41) is 14.3. The summed E-state index contributed by atoms with van der Waals surface area (Å²) in [6, 6.07) is 7.35. The zero-order valence-electron chi connectivity index (χ0n) is 13.6. The topological polar surface area (TPSA) is 89.3 Å². The molecule has 25 heavy (non-hydrogen) atoms. The van der Waals surface area contributed by atoms with Gasteiger partial charge >= 0.3 is 0 Å². The van der Waals surface area contributed by atoms with Gasteiger partial charge in [-0.1, -0.05) is 24.8 Å². The average molecular weight is 338 g/mol. The van der Waals surface area contributed by atoms with Crippen molar-refractivity contribution in [1.82, 2.24) is 10.3 Å². The summed E-state index contributed by atoms with van der Waals surface area (Å²) in [6.45, 7) is 4.09. The molecule has 0 saturated heterocycles. The zero-order chi connectivity index (χ0) is 17.2. The van der Waals surface area contributed by atoms with E-state index in [4.69, 9.17) is 9.37 Å². The number of aromatic nitrogens is 2. The zero-order valence-corrected chi connectivity index (χ0v) is 13.6. The largest absolute Gasteiger partial charge is 0.490 e. The van der Waals surface area contributed by atoms with Gasteiger partial charge in [-0.3, -0.25) is 4.79 Å². The summed E-state index contributed by atoms with van der Waals surface area (Å²) >= 11 is 0. The first kappa shape index (κ1) is 15.4. The van der Waals surface area contributed by atoms with Crippen LogP contribution in [0.25, 0.3) is 0 Å². The number of fused-ring (bicyclic) bond motifs is 1. The minimum Gasteiger partial charge on any atom is -0.490 e. The first-order valence-electron chi connectivity index (χ1n) is 8.22. The van der Waals surface area contributed by atoms with Gasteiger partial charge in [0.05, 0.1) is 6.04 Å². The molecule has 1 aromatic carbocycles. The molecule has 7 heteroatoms. The number of allylic oxidation sites excluding steroid dienone is 1. The Morgan fingerprint density at radius 2 is 2.04 bits per heavy atom. The maximum absolute atomic E-state index is 12.6. The van der Waals surface area contributed by atoms with E-state index in [2.05, 4.69) is 27.5 Å². The van der Waals surface area contributed by atoms with Gasteiger partial charge in [0.2, 0.25) is 11.6 Å². The number of nitrogens with one attached hydrogen (secondary N) is 2. The summed E-state index contributed by atoms with van der Waals surface area (Å²) in [5.41, 5.74) is 2.58. The smallest absolute Gasteiger partial charge is 0.219 e. The minimum atomic E-state index is -0.308. The second-order valence-electron chi connectivity index (χ2n) is 6.00. The van der Waals surface area contributed by atoms with E-state index < -0.39 is 0 Å². The van der Waals surface area contributed by atoms with Crippen LogP contribution in [0.3, 0.4) is 0 Å². The number of carbonyl (C=O) groups excluding carboxylic acids is 1. The molecule has 1 aliphatic heterocycles. The molecule has 128 valence electrons. The molecular weight excluding hydrogens is 320 g/mol. The highest BCUT2D eigenvalue weighted by Crippen LogP contribution is 2.39. The maximum Gasteiger partial charge on any atom is 0.219 e. The Morgan fingerprint density at radius 3 is 2.84 bits per heavy atom. The Hall–Kier alpha value is -3.09. The first-order valence-corrected chi connectivity index (χ1v) is 8.22. The molecule has 1 aromatic heterocycles. The van der Waals surface area contributed by atoms with Crippen LogP contribution in [0, 0.1) is 0 Å². The molecule has 0 bridgehead atoms. The summed E-state index contributed by atoms with van der Waals surface area (Å²) in [4.78, 5) is 12.6. The first-order chi connectivity index (χ1) is 12.3. The molecular formula is C18H18N4O3. The molecule has 0 unspecified atom stereocenters. The number of benzene rings is 1. The van der Waals surface area contributed by atoms with Gasteiger partial charge < -0.3 is 15.4 Å². The van der Waals surface area contributed by atoms with Gasteiger partial charge in [-0.15, -0.1) is 0 Å². The molecule has 4 rings (SSSR count). The summed E-state index contributed by atoms with van der Waals surface area (Å²) in [6.07, 6.45) is 3.87. The molecule has 2 heterocycles. The number of rotatable bonds is 4. The number of Topliss-reactive ketones (excluding diaryl/α,β-unsaturated/α-hetero) is 1. The molecule has 1 atom stereocenters. The Kier molecular flexibility index (Phi) is 3.97. The second kappa shape index (κ2) is 6.43. The maximum atomic E-state index is 12.6. The second-order valence-corrected chi connectivity index (χ2v) is 6.00. The van der Waals surface area contributed by atoms with Gasteiger partial charge in [-0.05, 0) is 40.9 Å². The quantitative estimate of drug-likeness (QED) is 0.827.